The third-order valence-electron chi connectivity index (χ3n) is 4.98. The fraction of sp³-hybridized carbons (Fsp3) is 0.611. The van der Waals surface area contributed by atoms with E-state index in [2.05, 4.69) is 11.0 Å². The fourth-order valence-electron chi connectivity index (χ4n) is 3.69. The molecule has 5 nitrogen and oxygen atoms in total. The highest BCUT2D eigenvalue weighted by atomic mass is 16.5. The van der Waals surface area contributed by atoms with Crippen molar-refractivity contribution in [3.8, 4) is 5.75 Å². The van der Waals surface area contributed by atoms with Gasteiger partial charge in [-0.3, -0.25) is 4.79 Å². The normalized spacial score (nSPS) is 24.8. The van der Waals surface area contributed by atoms with Gasteiger partial charge in [-0.2, -0.15) is 0 Å². The molecular formula is C18H27N3O2. The molecule has 1 heterocycles. The fourth-order valence-corrected chi connectivity index (χ4v) is 3.69. The molecule has 3 rings (SSSR count). The summed E-state index contributed by atoms with van der Waals surface area (Å²) < 4.78 is 5.72. The molecule has 23 heavy (non-hydrogen) atoms. The average molecular weight is 317 g/mol. The van der Waals surface area contributed by atoms with Crippen molar-refractivity contribution >= 4 is 11.6 Å². The Balaban J connectivity index is 1.61. The summed E-state index contributed by atoms with van der Waals surface area (Å²) in [6, 6.07) is 8.19. The number of carbonyl (C=O) groups is 1. The summed E-state index contributed by atoms with van der Waals surface area (Å²) >= 11 is 0. The number of hydrogen-bond acceptors (Lipinski definition) is 4. The molecule has 0 aromatic heterocycles. The second-order valence-electron chi connectivity index (χ2n) is 6.41. The van der Waals surface area contributed by atoms with Gasteiger partial charge in [-0.1, -0.05) is 18.6 Å². The number of para-hydroxylation sites is 2. The summed E-state index contributed by atoms with van der Waals surface area (Å²) in [6.45, 7) is 5.88. The van der Waals surface area contributed by atoms with Gasteiger partial charge in [-0.15, -0.1) is 0 Å². The highest BCUT2D eigenvalue weighted by Gasteiger charge is 2.34. The standard InChI is InChI=1S/C18H27N3O2/c1-2-23-17-9-4-3-8-16(17)20-10-12-21(13-11-20)18(22)14-6-5-7-15(14)19/h3-4,8-9,14-15H,2,5-7,10-13,19H2,1H3/t14-,15+/m0/s1. The van der Waals surface area contributed by atoms with Crippen LogP contribution >= 0.6 is 0 Å². The zero-order valence-corrected chi connectivity index (χ0v) is 13.9. The maximum absolute atomic E-state index is 12.6. The van der Waals surface area contributed by atoms with Crippen molar-refractivity contribution < 1.29 is 9.53 Å². The van der Waals surface area contributed by atoms with Crippen LogP contribution in [0.25, 0.3) is 0 Å². The molecule has 1 aliphatic heterocycles. The van der Waals surface area contributed by atoms with Gasteiger partial charge in [0.1, 0.15) is 5.75 Å². The summed E-state index contributed by atoms with van der Waals surface area (Å²) in [7, 11) is 0. The second-order valence-corrected chi connectivity index (χ2v) is 6.41. The molecule has 0 unspecified atom stereocenters. The quantitative estimate of drug-likeness (QED) is 0.921. The summed E-state index contributed by atoms with van der Waals surface area (Å²) in [6.07, 6.45) is 3.02. The van der Waals surface area contributed by atoms with Crippen LogP contribution in [0.5, 0.6) is 5.75 Å². The molecule has 2 atom stereocenters. The monoisotopic (exact) mass is 317 g/mol. The van der Waals surface area contributed by atoms with Crippen molar-refractivity contribution in [2.45, 2.75) is 32.2 Å². The maximum atomic E-state index is 12.6. The Hall–Kier alpha value is -1.75. The Morgan fingerprint density at radius 2 is 1.96 bits per heavy atom. The van der Waals surface area contributed by atoms with E-state index in [1.165, 1.54) is 0 Å². The number of anilines is 1. The van der Waals surface area contributed by atoms with Gasteiger partial charge in [0.15, 0.2) is 0 Å². The van der Waals surface area contributed by atoms with E-state index in [9.17, 15) is 4.79 Å². The Morgan fingerprint density at radius 3 is 2.61 bits per heavy atom. The van der Waals surface area contributed by atoms with Gasteiger partial charge in [0.25, 0.3) is 0 Å². The first kappa shape index (κ1) is 16.1. The molecule has 1 saturated heterocycles. The van der Waals surface area contributed by atoms with Gasteiger partial charge in [0.2, 0.25) is 5.91 Å². The molecule has 0 bridgehead atoms. The first-order valence-electron chi connectivity index (χ1n) is 8.72. The van der Waals surface area contributed by atoms with E-state index in [4.69, 9.17) is 10.5 Å². The van der Waals surface area contributed by atoms with Gasteiger partial charge in [0, 0.05) is 32.2 Å². The number of carbonyl (C=O) groups excluding carboxylic acids is 1. The number of ether oxygens (including phenoxy) is 1. The van der Waals surface area contributed by atoms with Crippen LogP contribution in [0.1, 0.15) is 26.2 Å². The molecule has 126 valence electrons. The molecule has 1 saturated carbocycles. The summed E-state index contributed by atoms with van der Waals surface area (Å²) in [5.74, 6) is 1.22. The number of rotatable bonds is 4. The summed E-state index contributed by atoms with van der Waals surface area (Å²) in [4.78, 5) is 16.9. The first-order chi connectivity index (χ1) is 11.2. The molecular weight excluding hydrogens is 290 g/mol. The largest absolute Gasteiger partial charge is 0.492 e. The predicted molar refractivity (Wildman–Crippen MR) is 91.7 cm³/mol. The highest BCUT2D eigenvalue weighted by Crippen LogP contribution is 2.30. The van der Waals surface area contributed by atoms with Crippen LogP contribution in [0.15, 0.2) is 24.3 Å². The smallest absolute Gasteiger partial charge is 0.227 e. The van der Waals surface area contributed by atoms with Crippen LogP contribution in [-0.4, -0.2) is 49.6 Å². The lowest BCUT2D eigenvalue weighted by atomic mass is 10.0. The molecule has 2 N–H and O–H groups in total. The molecule has 1 aliphatic carbocycles. The van der Waals surface area contributed by atoms with Gasteiger partial charge in [-0.25, -0.2) is 0 Å². The molecule has 5 heteroatoms. The molecule has 1 amide bonds. The molecule has 0 spiro atoms. The lowest BCUT2D eigenvalue weighted by Crippen LogP contribution is -2.52. The van der Waals surface area contributed by atoms with Crippen molar-refractivity contribution in [3.63, 3.8) is 0 Å². The van der Waals surface area contributed by atoms with E-state index in [0.29, 0.717) is 6.61 Å². The Kier molecular flexibility index (Phi) is 5.06. The number of amides is 1. The predicted octanol–water partition coefficient (Wildman–Crippen LogP) is 1.86. The highest BCUT2D eigenvalue weighted by molar-refractivity contribution is 5.80. The molecule has 2 aliphatic rings. The lowest BCUT2D eigenvalue weighted by Gasteiger charge is -2.38. The number of piperazine rings is 1. The zero-order valence-electron chi connectivity index (χ0n) is 13.9. The molecule has 1 aromatic carbocycles. The van der Waals surface area contributed by atoms with E-state index < -0.39 is 0 Å². The maximum Gasteiger partial charge on any atom is 0.227 e. The van der Waals surface area contributed by atoms with Crippen LogP contribution in [0.4, 0.5) is 5.69 Å². The van der Waals surface area contributed by atoms with Crippen LogP contribution in [0.3, 0.4) is 0 Å². The Morgan fingerprint density at radius 1 is 1.22 bits per heavy atom. The van der Waals surface area contributed by atoms with Gasteiger partial charge >= 0.3 is 0 Å². The number of nitrogens with two attached hydrogens (primary N) is 1. The summed E-state index contributed by atoms with van der Waals surface area (Å²) in [5, 5.41) is 0. The van der Waals surface area contributed by atoms with E-state index in [-0.39, 0.29) is 17.9 Å². The number of benzene rings is 1. The van der Waals surface area contributed by atoms with Crippen molar-refractivity contribution in [2.24, 2.45) is 11.7 Å². The van der Waals surface area contributed by atoms with E-state index in [1.807, 2.05) is 30.0 Å². The van der Waals surface area contributed by atoms with Crippen LogP contribution in [0.2, 0.25) is 0 Å². The lowest BCUT2D eigenvalue weighted by molar-refractivity contribution is -0.136. The number of hydrogen-bond donors (Lipinski definition) is 1. The molecule has 2 fully saturated rings. The Labute approximate surface area is 138 Å². The third-order valence-corrected chi connectivity index (χ3v) is 4.98. The van der Waals surface area contributed by atoms with Crippen molar-refractivity contribution in [2.75, 3.05) is 37.7 Å². The van der Waals surface area contributed by atoms with Crippen LogP contribution < -0.4 is 15.4 Å². The van der Waals surface area contributed by atoms with Crippen LogP contribution in [0, 0.1) is 5.92 Å². The first-order valence-corrected chi connectivity index (χ1v) is 8.72. The van der Waals surface area contributed by atoms with Gasteiger partial charge in [0.05, 0.1) is 18.2 Å². The summed E-state index contributed by atoms with van der Waals surface area (Å²) in [5.41, 5.74) is 7.21. The number of nitrogens with zero attached hydrogens (tertiary/aromatic N) is 2. The zero-order chi connectivity index (χ0) is 16.2. The second kappa shape index (κ2) is 7.21. The third kappa shape index (κ3) is 3.44. The topological polar surface area (TPSA) is 58.8 Å². The average Bonchev–Trinajstić information content (AvgIpc) is 3.01. The molecule has 1 aromatic rings. The van der Waals surface area contributed by atoms with E-state index in [0.717, 1.165) is 56.9 Å². The van der Waals surface area contributed by atoms with Crippen molar-refractivity contribution in [1.29, 1.82) is 0 Å². The van der Waals surface area contributed by atoms with E-state index >= 15 is 0 Å². The molecule has 0 radical (unpaired) electrons. The van der Waals surface area contributed by atoms with Gasteiger partial charge < -0.3 is 20.3 Å². The minimum Gasteiger partial charge on any atom is -0.492 e. The SMILES string of the molecule is CCOc1ccccc1N1CCN(C(=O)[C@H]2CCC[C@H]2N)CC1. The Bertz CT molecular complexity index is 541. The van der Waals surface area contributed by atoms with Crippen molar-refractivity contribution in [1.82, 2.24) is 4.90 Å². The van der Waals surface area contributed by atoms with Crippen molar-refractivity contribution in [3.05, 3.63) is 24.3 Å². The van der Waals surface area contributed by atoms with E-state index in [1.54, 1.807) is 0 Å². The van der Waals surface area contributed by atoms with Crippen LogP contribution in [-0.2, 0) is 4.79 Å². The minimum atomic E-state index is 0.0391. The van der Waals surface area contributed by atoms with Gasteiger partial charge in [-0.05, 0) is 31.9 Å². The minimum absolute atomic E-state index is 0.0391.